The van der Waals surface area contributed by atoms with E-state index in [2.05, 4.69) is 54.8 Å². The maximum atomic E-state index is 13.8. The number of likely N-dealkylation sites (N-methyl/N-ethyl adjacent to an activating group) is 1. The minimum absolute atomic E-state index is 0.125. The number of rotatable bonds is 6. The van der Waals surface area contributed by atoms with Crippen LogP contribution in [-0.2, 0) is 19.5 Å². The van der Waals surface area contributed by atoms with Crippen molar-refractivity contribution < 1.29 is 14.3 Å². The number of allylic oxidation sites excluding steroid dienone is 1. The molecule has 1 atom stereocenters. The number of methoxy groups -OCH3 is 2. The average Bonchev–Trinajstić information content (AvgIpc) is 3.35. The van der Waals surface area contributed by atoms with Crippen LogP contribution in [0, 0.1) is 0 Å². The standard InChI is InChI=1S/C28H37N3O3S/c1-6-22-8-9-23(35-22)18-29-12-10-28(11-13-29)25-14-19(3)26-20(15-21(33-4)16-24(26)34-5)17-30(25)27(32)31(28)7-2/h8-9,14-16,19H,6-7,10-13,17-18H2,1-5H3. The van der Waals surface area contributed by atoms with Crippen LogP contribution in [0.4, 0.5) is 4.79 Å². The topological polar surface area (TPSA) is 45.3 Å². The third-order valence-electron chi connectivity index (χ3n) is 8.04. The molecule has 35 heavy (non-hydrogen) atoms. The summed E-state index contributed by atoms with van der Waals surface area (Å²) in [7, 11) is 3.38. The lowest BCUT2D eigenvalue weighted by molar-refractivity contribution is 0.0893. The molecule has 1 aromatic carbocycles. The number of hydrogen-bond acceptors (Lipinski definition) is 5. The number of fused-ring (bicyclic) bond motifs is 3. The molecule has 3 aliphatic rings. The lowest BCUT2D eigenvalue weighted by Gasteiger charge is -2.44. The van der Waals surface area contributed by atoms with Gasteiger partial charge < -0.3 is 14.4 Å². The van der Waals surface area contributed by atoms with Gasteiger partial charge in [0.15, 0.2) is 0 Å². The molecular formula is C28H37N3O3S. The summed E-state index contributed by atoms with van der Waals surface area (Å²) in [5.74, 6) is 1.73. The summed E-state index contributed by atoms with van der Waals surface area (Å²) in [5, 5.41) is 0. The molecule has 4 heterocycles. The first-order chi connectivity index (χ1) is 16.9. The van der Waals surface area contributed by atoms with Crippen LogP contribution in [0.5, 0.6) is 11.5 Å². The Hall–Kier alpha value is -2.51. The van der Waals surface area contributed by atoms with Crippen LogP contribution in [0.15, 0.2) is 36.0 Å². The summed E-state index contributed by atoms with van der Waals surface area (Å²) < 4.78 is 11.3. The van der Waals surface area contributed by atoms with Gasteiger partial charge in [0.25, 0.3) is 0 Å². The van der Waals surface area contributed by atoms with Crippen LogP contribution in [0.1, 0.15) is 60.4 Å². The van der Waals surface area contributed by atoms with Crippen LogP contribution in [0.25, 0.3) is 0 Å². The molecule has 188 valence electrons. The van der Waals surface area contributed by atoms with Gasteiger partial charge in [0, 0.05) is 59.2 Å². The molecule has 0 radical (unpaired) electrons. The third kappa shape index (κ3) is 4.02. The Morgan fingerprint density at radius 3 is 2.46 bits per heavy atom. The van der Waals surface area contributed by atoms with Crippen molar-refractivity contribution in [2.24, 2.45) is 0 Å². The SMILES string of the molecule is CCc1ccc(CN2CCC3(CC2)C2=CC(C)c4c(cc(OC)cc4OC)CN2C(=O)N3CC)s1. The first kappa shape index (κ1) is 24.2. The predicted molar refractivity (Wildman–Crippen MR) is 140 cm³/mol. The number of ether oxygens (including phenoxy) is 2. The quantitative estimate of drug-likeness (QED) is 0.522. The Kier molecular flexibility index (Phi) is 6.57. The molecule has 2 saturated heterocycles. The Labute approximate surface area is 213 Å². The van der Waals surface area contributed by atoms with Crippen molar-refractivity contribution in [3.05, 3.63) is 56.9 Å². The van der Waals surface area contributed by atoms with E-state index in [4.69, 9.17) is 9.47 Å². The molecule has 0 bridgehead atoms. The molecule has 2 aromatic rings. The van der Waals surface area contributed by atoms with Gasteiger partial charge in [-0.05, 0) is 49.9 Å². The Balaban J connectivity index is 1.45. The molecule has 0 aliphatic carbocycles. The van der Waals surface area contributed by atoms with Crippen molar-refractivity contribution in [3.8, 4) is 11.5 Å². The summed E-state index contributed by atoms with van der Waals surface area (Å²) >= 11 is 1.93. The van der Waals surface area contributed by atoms with Gasteiger partial charge in [0.05, 0.1) is 26.3 Å². The van der Waals surface area contributed by atoms with E-state index in [1.165, 1.54) is 15.5 Å². The van der Waals surface area contributed by atoms with Crippen molar-refractivity contribution in [2.45, 2.75) is 64.6 Å². The van der Waals surface area contributed by atoms with E-state index in [9.17, 15) is 4.79 Å². The monoisotopic (exact) mass is 495 g/mol. The second-order valence-corrected chi connectivity index (χ2v) is 11.1. The van der Waals surface area contributed by atoms with E-state index in [0.717, 1.165) is 68.1 Å². The Bertz CT molecular complexity index is 1130. The van der Waals surface area contributed by atoms with Crippen molar-refractivity contribution in [1.29, 1.82) is 0 Å². The minimum atomic E-state index is -0.236. The predicted octanol–water partition coefficient (Wildman–Crippen LogP) is 5.62. The minimum Gasteiger partial charge on any atom is -0.497 e. The van der Waals surface area contributed by atoms with Gasteiger partial charge in [0.1, 0.15) is 11.5 Å². The van der Waals surface area contributed by atoms with E-state index in [1.54, 1.807) is 14.2 Å². The highest BCUT2D eigenvalue weighted by molar-refractivity contribution is 7.11. The number of piperidine rings is 1. The fourth-order valence-corrected chi connectivity index (χ4v) is 7.26. The second-order valence-electron chi connectivity index (χ2n) is 9.89. The van der Waals surface area contributed by atoms with Gasteiger partial charge >= 0.3 is 6.03 Å². The zero-order chi connectivity index (χ0) is 24.7. The molecule has 1 spiro atoms. The highest BCUT2D eigenvalue weighted by atomic mass is 32.1. The molecule has 7 heteroatoms. The molecule has 1 unspecified atom stereocenters. The number of thiophene rings is 1. The number of likely N-dealkylation sites (tertiary alicyclic amines) is 1. The molecule has 0 saturated carbocycles. The average molecular weight is 496 g/mol. The van der Waals surface area contributed by atoms with Gasteiger partial charge in [-0.25, -0.2) is 4.79 Å². The number of aryl methyl sites for hydroxylation is 1. The molecule has 0 N–H and O–H groups in total. The number of nitrogens with zero attached hydrogens (tertiary/aromatic N) is 3. The zero-order valence-electron chi connectivity index (χ0n) is 21.6. The van der Waals surface area contributed by atoms with Crippen molar-refractivity contribution >= 4 is 17.4 Å². The van der Waals surface area contributed by atoms with E-state index < -0.39 is 0 Å². The van der Waals surface area contributed by atoms with Crippen molar-refractivity contribution in [1.82, 2.24) is 14.7 Å². The molecule has 5 rings (SSSR count). The highest BCUT2D eigenvalue weighted by Gasteiger charge is 2.54. The maximum Gasteiger partial charge on any atom is 0.325 e. The van der Waals surface area contributed by atoms with E-state index in [1.807, 2.05) is 22.3 Å². The molecule has 2 amide bonds. The van der Waals surface area contributed by atoms with E-state index >= 15 is 0 Å². The van der Waals surface area contributed by atoms with Gasteiger partial charge in [-0.2, -0.15) is 0 Å². The van der Waals surface area contributed by atoms with E-state index in [-0.39, 0.29) is 17.5 Å². The summed E-state index contributed by atoms with van der Waals surface area (Å²) in [6.45, 7) is 10.8. The maximum absolute atomic E-state index is 13.8. The molecule has 2 fully saturated rings. The van der Waals surface area contributed by atoms with Crippen molar-refractivity contribution in [2.75, 3.05) is 33.9 Å². The molecular weight excluding hydrogens is 458 g/mol. The van der Waals surface area contributed by atoms with Gasteiger partial charge in [0.2, 0.25) is 0 Å². The van der Waals surface area contributed by atoms with Gasteiger partial charge in [-0.1, -0.05) is 19.9 Å². The lowest BCUT2D eigenvalue weighted by atomic mass is 9.82. The summed E-state index contributed by atoms with van der Waals surface area (Å²) in [6, 6.07) is 8.68. The first-order valence-corrected chi connectivity index (χ1v) is 13.6. The molecule has 6 nitrogen and oxygen atoms in total. The van der Waals surface area contributed by atoms with Crippen LogP contribution in [-0.4, -0.2) is 60.1 Å². The van der Waals surface area contributed by atoms with Crippen LogP contribution in [0.2, 0.25) is 0 Å². The largest absolute Gasteiger partial charge is 0.497 e. The summed E-state index contributed by atoms with van der Waals surface area (Å²) in [5.41, 5.74) is 3.20. The smallest absolute Gasteiger partial charge is 0.325 e. The summed E-state index contributed by atoms with van der Waals surface area (Å²) in [6.07, 6.45) is 5.36. The number of hydrogen-bond donors (Lipinski definition) is 0. The lowest BCUT2D eigenvalue weighted by Crippen LogP contribution is -2.53. The molecule has 1 aromatic heterocycles. The van der Waals surface area contributed by atoms with E-state index in [0.29, 0.717) is 6.54 Å². The fourth-order valence-electron chi connectivity index (χ4n) is 6.26. The van der Waals surface area contributed by atoms with Crippen molar-refractivity contribution in [3.63, 3.8) is 0 Å². The number of carbonyl (C=O) groups is 1. The van der Waals surface area contributed by atoms with Crippen LogP contribution < -0.4 is 9.47 Å². The molecule has 3 aliphatic heterocycles. The number of carbonyl (C=O) groups excluding carboxylic acids is 1. The Morgan fingerprint density at radius 2 is 1.83 bits per heavy atom. The zero-order valence-corrected chi connectivity index (χ0v) is 22.4. The summed E-state index contributed by atoms with van der Waals surface area (Å²) in [4.78, 5) is 23.4. The van der Waals surface area contributed by atoms with Gasteiger partial charge in [-0.3, -0.25) is 9.80 Å². The Morgan fingerprint density at radius 1 is 1.09 bits per heavy atom. The van der Waals surface area contributed by atoms with Crippen LogP contribution >= 0.6 is 11.3 Å². The number of benzene rings is 1. The number of urea groups is 1. The highest BCUT2D eigenvalue weighted by Crippen LogP contribution is 2.49. The fraction of sp³-hybridized carbons (Fsp3) is 0.536. The van der Waals surface area contributed by atoms with Crippen LogP contribution in [0.3, 0.4) is 0 Å². The number of amides is 2. The normalized spacial score (nSPS) is 21.6. The van der Waals surface area contributed by atoms with Gasteiger partial charge in [-0.15, -0.1) is 11.3 Å². The third-order valence-corrected chi connectivity index (χ3v) is 9.25. The first-order valence-electron chi connectivity index (χ1n) is 12.8. The second kappa shape index (κ2) is 9.51.